The third kappa shape index (κ3) is 3.73. The highest BCUT2D eigenvalue weighted by molar-refractivity contribution is 6.04. The largest absolute Gasteiger partial charge is 0.354 e. The molecule has 4 heteroatoms. The van der Waals surface area contributed by atoms with E-state index in [4.69, 9.17) is 0 Å². The summed E-state index contributed by atoms with van der Waals surface area (Å²) in [7, 11) is 0. The Labute approximate surface area is 208 Å². The number of hydrogen-bond donors (Lipinski definition) is 2. The van der Waals surface area contributed by atoms with Gasteiger partial charge < -0.3 is 10.3 Å². The summed E-state index contributed by atoms with van der Waals surface area (Å²) in [5, 5.41) is 8.38. The zero-order valence-electron chi connectivity index (χ0n) is 19.8. The monoisotopic (exact) mass is 468 g/mol. The van der Waals surface area contributed by atoms with E-state index in [0.717, 1.165) is 32.6 Å². The van der Waals surface area contributed by atoms with Crippen molar-refractivity contribution in [3.05, 3.63) is 131 Å². The molecule has 1 amide bonds. The number of carbonyl (C=O) groups is 1. The molecule has 0 aliphatic carbocycles. The second-order valence-electron chi connectivity index (χ2n) is 9.07. The van der Waals surface area contributed by atoms with Crippen LogP contribution in [0.15, 0.2) is 114 Å². The molecule has 0 unspecified atom stereocenters. The van der Waals surface area contributed by atoms with Crippen LogP contribution in [0, 0.1) is 0 Å². The molecule has 6 aromatic rings. The van der Waals surface area contributed by atoms with Crippen LogP contribution in [-0.4, -0.2) is 10.9 Å². The number of hydrogen-bond acceptors (Lipinski definition) is 2. The topological polar surface area (TPSA) is 62.0 Å². The number of fused-ring (bicyclic) bond motifs is 3. The summed E-state index contributed by atoms with van der Waals surface area (Å²) in [6.45, 7) is 2.02. The predicted octanol–water partition coefficient (Wildman–Crippen LogP) is 6.99. The summed E-state index contributed by atoms with van der Waals surface area (Å²) in [5.74, 6) is -0.191. The van der Waals surface area contributed by atoms with Crippen molar-refractivity contribution in [2.24, 2.45) is 0 Å². The third-order valence-corrected chi connectivity index (χ3v) is 6.79. The Morgan fingerprint density at radius 2 is 1.31 bits per heavy atom. The van der Waals surface area contributed by atoms with E-state index in [0.29, 0.717) is 22.2 Å². The molecule has 0 bridgehead atoms. The number of aromatic amines is 1. The second kappa shape index (κ2) is 8.82. The van der Waals surface area contributed by atoms with Gasteiger partial charge in [0.05, 0.1) is 11.7 Å². The Kier molecular flexibility index (Phi) is 5.34. The Bertz CT molecular complexity index is 1780. The fourth-order valence-electron chi connectivity index (χ4n) is 5.12. The van der Waals surface area contributed by atoms with E-state index in [1.54, 1.807) is 18.2 Å². The van der Waals surface area contributed by atoms with Crippen LogP contribution in [0.3, 0.4) is 0 Å². The number of H-pyrrole nitrogens is 1. The van der Waals surface area contributed by atoms with Gasteiger partial charge in [-0.15, -0.1) is 0 Å². The first-order valence-corrected chi connectivity index (χ1v) is 12.0. The van der Waals surface area contributed by atoms with Crippen LogP contribution in [-0.2, 0) is 0 Å². The molecule has 1 atom stereocenters. The molecule has 0 fully saturated rings. The van der Waals surface area contributed by atoms with Crippen LogP contribution in [0.1, 0.15) is 28.9 Å². The lowest BCUT2D eigenvalue weighted by Crippen LogP contribution is -2.27. The van der Waals surface area contributed by atoms with Gasteiger partial charge in [0.2, 0.25) is 0 Å². The van der Waals surface area contributed by atoms with Crippen LogP contribution in [0.25, 0.3) is 43.7 Å². The number of pyridine rings is 1. The van der Waals surface area contributed by atoms with Gasteiger partial charge in [0.1, 0.15) is 0 Å². The highest BCUT2D eigenvalue weighted by atomic mass is 16.1. The standard InChI is InChI=1S/C32H24N2O2/c1-20(31-23-12-4-2-10-21(23)18-22-11-3-5-13-24(22)31)33-32(36)26-15-7-6-14-25(26)29-19-30(35)27-16-8-9-17-28(27)34-29/h2-20H,1H3,(H,33,36)(H,34,35)/t20-/m0/s1. The summed E-state index contributed by atoms with van der Waals surface area (Å²) in [5.41, 5.74) is 3.57. The summed E-state index contributed by atoms with van der Waals surface area (Å²) in [4.78, 5) is 29.7. The van der Waals surface area contributed by atoms with Crippen LogP contribution in [0.5, 0.6) is 0 Å². The summed E-state index contributed by atoms with van der Waals surface area (Å²) in [6.07, 6.45) is 0. The van der Waals surface area contributed by atoms with Gasteiger partial charge in [0.25, 0.3) is 5.91 Å². The van der Waals surface area contributed by atoms with Crippen molar-refractivity contribution in [3.8, 4) is 11.3 Å². The van der Waals surface area contributed by atoms with Crippen molar-refractivity contribution in [1.29, 1.82) is 0 Å². The van der Waals surface area contributed by atoms with Crippen molar-refractivity contribution in [1.82, 2.24) is 10.3 Å². The number of aromatic nitrogens is 1. The van der Waals surface area contributed by atoms with Crippen molar-refractivity contribution in [2.75, 3.05) is 0 Å². The molecule has 0 aliphatic heterocycles. The molecule has 2 N–H and O–H groups in total. The molecule has 4 nitrogen and oxygen atoms in total. The van der Waals surface area contributed by atoms with Crippen molar-refractivity contribution < 1.29 is 4.79 Å². The van der Waals surface area contributed by atoms with Crippen molar-refractivity contribution >= 4 is 38.4 Å². The van der Waals surface area contributed by atoms with Gasteiger partial charge in [0, 0.05) is 28.1 Å². The molecule has 0 saturated heterocycles. The smallest absolute Gasteiger partial charge is 0.252 e. The lowest BCUT2D eigenvalue weighted by molar-refractivity contribution is 0.0941. The minimum atomic E-state index is -0.239. The Morgan fingerprint density at radius 1 is 0.722 bits per heavy atom. The van der Waals surface area contributed by atoms with Gasteiger partial charge in [-0.25, -0.2) is 0 Å². The molecule has 1 heterocycles. The average molecular weight is 469 g/mol. The molecule has 0 aliphatic rings. The van der Waals surface area contributed by atoms with Gasteiger partial charge in [0.15, 0.2) is 5.43 Å². The minimum Gasteiger partial charge on any atom is -0.354 e. The first-order chi connectivity index (χ1) is 17.6. The molecule has 1 aromatic heterocycles. The number of nitrogens with one attached hydrogen (secondary N) is 2. The SMILES string of the molecule is C[C@H](NC(=O)c1ccccc1-c1cc(=O)c2ccccc2[nH]1)c1c2ccccc2cc2ccccc12. The zero-order valence-corrected chi connectivity index (χ0v) is 19.8. The molecule has 5 aromatic carbocycles. The number of para-hydroxylation sites is 1. The highest BCUT2D eigenvalue weighted by Gasteiger charge is 2.19. The number of benzene rings is 5. The van der Waals surface area contributed by atoms with E-state index in [1.807, 2.05) is 67.6 Å². The first-order valence-electron chi connectivity index (χ1n) is 12.0. The fourth-order valence-corrected chi connectivity index (χ4v) is 5.12. The van der Waals surface area contributed by atoms with E-state index < -0.39 is 0 Å². The minimum absolute atomic E-state index is 0.0786. The highest BCUT2D eigenvalue weighted by Crippen LogP contribution is 2.33. The van der Waals surface area contributed by atoms with Gasteiger partial charge in [-0.1, -0.05) is 78.9 Å². The molecule has 0 radical (unpaired) electrons. The molecular weight excluding hydrogens is 444 g/mol. The Balaban J connectivity index is 1.42. The van der Waals surface area contributed by atoms with E-state index in [2.05, 4.69) is 40.6 Å². The van der Waals surface area contributed by atoms with Gasteiger partial charge >= 0.3 is 0 Å². The van der Waals surface area contributed by atoms with Gasteiger partial charge in [-0.05, 0) is 58.3 Å². The maximum absolute atomic E-state index is 13.6. The lowest BCUT2D eigenvalue weighted by atomic mass is 9.92. The molecular formula is C32H24N2O2. The Hall–Kier alpha value is -4.70. The van der Waals surface area contributed by atoms with E-state index >= 15 is 0 Å². The van der Waals surface area contributed by atoms with E-state index in [-0.39, 0.29) is 17.4 Å². The van der Waals surface area contributed by atoms with Crippen LogP contribution >= 0.6 is 0 Å². The molecule has 0 spiro atoms. The second-order valence-corrected chi connectivity index (χ2v) is 9.07. The lowest BCUT2D eigenvalue weighted by Gasteiger charge is -2.20. The molecule has 6 rings (SSSR count). The van der Waals surface area contributed by atoms with Crippen LogP contribution in [0.2, 0.25) is 0 Å². The normalized spacial score (nSPS) is 12.1. The number of carbonyl (C=O) groups excluding carboxylic acids is 1. The van der Waals surface area contributed by atoms with Crippen molar-refractivity contribution in [2.45, 2.75) is 13.0 Å². The van der Waals surface area contributed by atoms with Crippen LogP contribution in [0.4, 0.5) is 0 Å². The third-order valence-electron chi connectivity index (χ3n) is 6.79. The van der Waals surface area contributed by atoms with Gasteiger partial charge in [-0.3, -0.25) is 9.59 Å². The quantitative estimate of drug-likeness (QED) is 0.274. The predicted molar refractivity (Wildman–Crippen MR) is 147 cm³/mol. The Morgan fingerprint density at radius 3 is 2.03 bits per heavy atom. The zero-order chi connectivity index (χ0) is 24.6. The number of rotatable bonds is 4. The maximum atomic E-state index is 13.6. The summed E-state index contributed by atoms with van der Waals surface area (Å²) >= 11 is 0. The van der Waals surface area contributed by atoms with Gasteiger partial charge in [-0.2, -0.15) is 0 Å². The van der Waals surface area contributed by atoms with E-state index in [9.17, 15) is 9.59 Å². The van der Waals surface area contributed by atoms with Crippen molar-refractivity contribution in [3.63, 3.8) is 0 Å². The van der Waals surface area contributed by atoms with E-state index in [1.165, 1.54) is 0 Å². The number of amides is 1. The first kappa shape index (κ1) is 21.8. The molecule has 0 saturated carbocycles. The van der Waals surface area contributed by atoms with Crippen LogP contribution < -0.4 is 10.7 Å². The summed E-state index contributed by atoms with van der Waals surface area (Å²) < 4.78 is 0. The average Bonchev–Trinajstić information content (AvgIpc) is 2.91. The summed E-state index contributed by atoms with van der Waals surface area (Å²) in [6, 6.07) is 34.8. The maximum Gasteiger partial charge on any atom is 0.252 e. The molecule has 36 heavy (non-hydrogen) atoms. The molecule has 174 valence electrons. The fraction of sp³-hybridized carbons (Fsp3) is 0.0625.